The SMILES string of the molecule is NNc1ccccc1N(C=O)C(=S)Nc1ccccc1. The fourth-order valence-corrected chi connectivity index (χ4v) is 1.98. The number of carbonyl (C=O) groups excluding carboxylic acids is 1. The van der Waals surface area contributed by atoms with Crippen molar-refractivity contribution < 1.29 is 4.79 Å². The highest BCUT2D eigenvalue weighted by Crippen LogP contribution is 2.24. The summed E-state index contributed by atoms with van der Waals surface area (Å²) < 4.78 is 0. The second-order valence-corrected chi connectivity index (χ2v) is 4.32. The van der Waals surface area contributed by atoms with Crippen molar-refractivity contribution in [1.29, 1.82) is 0 Å². The molecule has 0 bridgehead atoms. The zero-order valence-electron chi connectivity index (χ0n) is 10.6. The topological polar surface area (TPSA) is 70.4 Å². The highest BCUT2D eigenvalue weighted by Gasteiger charge is 2.14. The molecule has 0 aliphatic carbocycles. The molecule has 0 saturated carbocycles. The van der Waals surface area contributed by atoms with E-state index >= 15 is 0 Å². The second-order valence-electron chi connectivity index (χ2n) is 3.93. The number of hydrazine groups is 1. The number of hydrogen-bond donors (Lipinski definition) is 3. The van der Waals surface area contributed by atoms with Gasteiger partial charge in [-0.1, -0.05) is 30.3 Å². The minimum absolute atomic E-state index is 0.272. The minimum atomic E-state index is 0.272. The Labute approximate surface area is 122 Å². The van der Waals surface area contributed by atoms with Crippen LogP contribution in [0.1, 0.15) is 0 Å². The van der Waals surface area contributed by atoms with Gasteiger partial charge in [0.15, 0.2) is 5.11 Å². The maximum atomic E-state index is 11.3. The summed E-state index contributed by atoms with van der Waals surface area (Å²) >= 11 is 5.26. The Morgan fingerprint density at radius 3 is 2.40 bits per heavy atom. The number of hydrogen-bond acceptors (Lipinski definition) is 4. The van der Waals surface area contributed by atoms with E-state index in [0.717, 1.165) is 5.69 Å². The number of nitrogens with two attached hydrogens (primary N) is 1. The molecule has 0 radical (unpaired) electrons. The molecule has 0 aliphatic rings. The van der Waals surface area contributed by atoms with Crippen LogP contribution in [0.3, 0.4) is 0 Å². The fraction of sp³-hybridized carbons (Fsp3) is 0. The number of anilines is 3. The first kappa shape index (κ1) is 14.0. The van der Waals surface area contributed by atoms with E-state index in [2.05, 4.69) is 10.7 Å². The largest absolute Gasteiger partial charge is 0.332 e. The second kappa shape index (κ2) is 6.65. The highest BCUT2D eigenvalue weighted by molar-refractivity contribution is 7.80. The molecule has 2 aromatic rings. The molecule has 2 rings (SSSR count). The molecule has 0 fully saturated rings. The van der Waals surface area contributed by atoms with E-state index in [-0.39, 0.29) is 5.11 Å². The van der Waals surface area contributed by atoms with Gasteiger partial charge in [-0.05, 0) is 36.5 Å². The van der Waals surface area contributed by atoms with Crippen molar-refractivity contribution >= 4 is 40.8 Å². The Morgan fingerprint density at radius 1 is 1.10 bits per heavy atom. The Balaban J connectivity index is 2.24. The maximum Gasteiger partial charge on any atom is 0.220 e. The molecule has 0 heterocycles. The number of benzene rings is 2. The average molecular weight is 286 g/mol. The molecule has 0 unspecified atom stereocenters. The first-order chi connectivity index (χ1) is 9.76. The average Bonchev–Trinajstić information content (AvgIpc) is 2.49. The standard InChI is InChI=1S/C14H14N4OS/c15-17-12-8-4-5-9-13(12)18(10-19)14(20)16-11-6-2-1-3-7-11/h1-10,17H,15H2,(H,16,20). The smallest absolute Gasteiger partial charge is 0.220 e. The molecule has 6 heteroatoms. The molecule has 4 N–H and O–H groups in total. The van der Waals surface area contributed by atoms with Crippen molar-refractivity contribution in [2.75, 3.05) is 15.6 Å². The van der Waals surface area contributed by atoms with E-state index < -0.39 is 0 Å². The summed E-state index contributed by atoms with van der Waals surface area (Å²) in [6, 6.07) is 16.5. The van der Waals surface area contributed by atoms with Gasteiger partial charge in [-0.2, -0.15) is 0 Å². The molecular formula is C14H14N4OS. The highest BCUT2D eigenvalue weighted by atomic mass is 32.1. The van der Waals surface area contributed by atoms with Gasteiger partial charge in [-0.3, -0.25) is 15.5 Å². The van der Waals surface area contributed by atoms with Crippen molar-refractivity contribution in [3.05, 3.63) is 54.6 Å². The third-order valence-corrected chi connectivity index (χ3v) is 2.97. The van der Waals surface area contributed by atoms with E-state index in [0.29, 0.717) is 17.8 Å². The zero-order valence-corrected chi connectivity index (χ0v) is 11.4. The molecule has 102 valence electrons. The van der Waals surface area contributed by atoms with Gasteiger partial charge >= 0.3 is 0 Å². The monoisotopic (exact) mass is 286 g/mol. The summed E-state index contributed by atoms with van der Waals surface area (Å²) in [4.78, 5) is 12.7. The van der Waals surface area contributed by atoms with Crippen LogP contribution in [-0.2, 0) is 4.79 Å². The van der Waals surface area contributed by atoms with Crippen LogP contribution < -0.4 is 21.5 Å². The predicted octanol–water partition coefficient (Wildman–Crippen LogP) is 2.33. The lowest BCUT2D eigenvalue weighted by atomic mass is 10.2. The summed E-state index contributed by atoms with van der Waals surface area (Å²) in [5.74, 6) is 5.44. The van der Waals surface area contributed by atoms with E-state index in [4.69, 9.17) is 18.1 Å². The molecule has 0 atom stereocenters. The molecule has 2 aromatic carbocycles. The van der Waals surface area contributed by atoms with Gasteiger partial charge in [0.2, 0.25) is 6.41 Å². The summed E-state index contributed by atoms with van der Waals surface area (Å²) in [6.07, 6.45) is 0.647. The van der Waals surface area contributed by atoms with Gasteiger partial charge in [0.25, 0.3) is 0 Å². The molecule has 0 spiro atoms. The summed E-state index contributed by atoms with van der Waals surface area (Å²) in [5, 5.41) is 3.27. The molecular weight excluding hydrogens is 272 g/mol. The molecule has 1 amide bonds. The van der Waals surface area contributed by atoms with Gasteiger partial charge in [-0.25, -0.2) is 0 Å². The van der Waals surface area contributed by atoms with Gasteiger partial charge in [0, 0.05) is 5.69 Å². The zero-order chi connectivity index (χ0) is 14.4. The van der Waals surface area contributed by atoms with Crippen molar-refractivity contribution in [3.63, 3.8) is 0 Å². The van der Waals surface area contributed by atoms with Crippen LogP contribution in [0.25, 0.3) is 0 Å². The minimum Gasteiger partial charge on any atom is -0.332 e. The van der Waals surface area contributed by atoms with Crippen LogP contribution in [0.2, 0.25) is 0 Å². The van der Waals surface area contributed by atoms with Crippen LogP contribution in [0.15, 0.2) is 54.6 Å². The van der Waals surface area contributed by atoms with Gasteiger partial charge in [0.1, 0.15) is 0 Å². The number of nitrogens with zero attached hydrogens (tertiary/aromatic N) is 1. The number of rotatable bonds is 4. The first-order valence-corrected chi connectivity index (χ1v) is 6.33. The Morgan fingerprint density at radius 2 is 1.75 bits per heavy atom. The summed E-state index contributed by atoms with van der Waals surface area (Å²) in [7, 11) is 0. The molecule has 5 nitrogen and oxygen atoms in total. The summed E-state index contributed by atoms with van der Waals surface area (Å²) in [5.41, 5.74) is 4.54. The molecule has 20 heavy (non-hydrogen) atoms. The normalized spacial score (nSPS) is 9.65. The Bertz CT molecular complexity index is 603. The molecule has 0 aliphatic heterocycles. The van der Waals surface area contributed by atoms with E-state index in [1.807, 2.05) is 36.4 Å². The van der Waals surface area contributed by atoms with Crippen LogP contribution in [0, 0.1) is 0 Å². The maximum absolute atomic E-state index is 11.3. The van der Waals surface area contributed by atoms with Crippen molar-refractivity contribution in [2.45, 2.75) is 0 Å². The van der Waals surface area contributed by atoms with Crippen molar-refractivity contribution in [1.82, 2.24) is 0 Å². The number of nitrogen functional groups attached to an aromatic ring is 1. The number of thiocarbonyl (C=S) groups is 1. The molecule has 0 aromatic heterocycles. The van der Waals surface area contributed by atoms with Gasteiger partial charge in [-0.15, -0.1) is 0 Å². The lowest BCUT2D eigenvalue weighted by Gasteiger charge is -2.21. The van der Waals surface area contributed by atoms with Crippen molar-refractivity contribution in [2.24, 2.45) is 5.84 Å². The number of amides is 1. The Hall–Kier alpha value is -2.44. The quantitative estimate of drug-likeness (QED) is 0.348. The Kier molecular flexibility index (Phi) is 4.65. The van der Waals surface area contributed by atoms with Crippen LogP contribution >= 0.6 is 12.2 Å². The van der Waals surface area contributed by atoms with E-state index in [9.17, 15) is 4.79 Å². The van der Waals surface area contributed by atoms with Crippen molar-refractivity contribution in [3.8, 4) is 0 Å². The number of para-hydroxylation sites is 3. The van der Waals surface area contributed by atoms with Gasteiger partial charge in [0.05, 0.1) is 11.4 Å². The fourth-order valence-electron chi connectivity index (χ4n) is 1.73. The summed E-state index contributed by atoms with van der Waals surface area (Å²) in [6.45, 7) is 0. The molecule has 0 saturated heterocycles. The lowest BCUT2D eigenvalue weighted by molar-refractivity contribution is -0.106. The van der Waals surface area contributed by atoms with E-state index in [1.54, 1.807) is 18.2 Å². The van der Waals surface area contributed by atoms with E-state index in [1.165, 1.54) is 4.90 Å². The van der Waals surface area contributed by atoms with Gasteiger partial charge < -0.3 is 10.7 Å². The van der Waals surface area contributed by atoms with Crippen LogP contribution in [0.5, 0.6) is 0 Å². The third-order valence-electron chi connectivity index (χ3n) is 2.67. The third kappa shape index (κ3) is 3.11. The first-order valence-electron chi connectivity index (χ1n) is 5.92. The van der Waals surface area contributed by atoms with Crippen LogP contribution in [0.4, 0.5) is 17.1 Å². The number of nitrogens with one attached hydrogen (secondary N) is 2. The number of carbonyl (C=O) groups is 1. The van der Waals surface area contributed by atoms with Crippen LogP contribution in [-0.4, -0.2) is 11.5 Å². The lowest BCUT2D eigenvalue weighted by Crippen LogP contribution is -2.34. The predicted molar refractivity (Wildman–Crippen MR) is 85.5 cm³/mol.